The van der Waals surface area contributed by atoms with Crippen LogP contribution < -0.4 is 5.32 Å². The van der Waals surface area contributed by atoms with Gasteiger partial charge in [-0.15, -0.1) is 0 Å². The number of nitrogens with zero attached hydrogens (tertiary/aromatic N) is 2. The van der Waals surface area contributed by atoms with E-state index in [1.54, 1.807) is 38.2 Å². The van der Waals surface area contributed by atoms with Crippen LogP contribution in [-0.4, -0.2) is 15.7 Å². The molecule has 0 fully saturated rings. The fraction of sp³-hybridized carbons (Fsp3) is 0.111. The second kappa shape index (κ2) is 6.84. The monoisotopic (exact) mass is 379 g/mol. The molecule has 0 saturated heterocycles. The first kappa shape index (κ1) is 18.0. The third-order valence-electron chi connectivity index (χ3n) is 3.85. The first-order valence-corrected chi connectivity index (χ1v) is 7.91. The molecule has 1 N–H and O–H groups in total. The lowest BCUT2D eigenvalue weighted by molar-refractivity contribution is 0.102. The van der Waals surface area contributed by atoms with Gasteiger partial charge in [0.2, 0.25) is 0 Å². The van der Waals surface area contributed by atoms with E-state index >= 15 is 0 Å². The highest BCUT2D eigenvalue weighted by atomic mass is 35.5. The lowest BCUT2D eigenvalue weighted by atomic mass is 10.0. The molecule has 0 atom stereocenters. The first-order valence-electron chi connectivity index (χ1n) is 7.54. The van der Waals surface area contributed by atoms with E-state index in [0.29, 0.717) is 16.9 Å². The van der Waals surface area contributed by atoms with Gasteiger partial charge in [-0.05, 0) is 30.7 Å². The highest BCUT2D eigenvalue weighted by Gasteiger charge is 2.20. The molecule has 1 heterocycles. The van der Waals surface area contributed by atoms with Crippen molar-refractivity contribution in [1.29, 1.82) is 0 Å². The van der Waals surface area contributed by atoms with E-state index in [0.717, 1.165) is 12.1 Å². The minimum Gasteiger partial charge on any atom is -0.321 e. The van der Waals surface area contributed by atoms with Crippen LogP contribution in [0.1, 0.15) is 16.1 Å². The molecule has 1 aromatic heterocycles. The summed E-state index contributed by atoms with van der Waals surface area (Å²) in [6.45, 7) is 1.64. The van der Waals surface area contributed by atoms with Crippen molar-refractivity contribution in [2.45, 2.75) is 6.92 Å². The molecule has 8 heteroatoms. The maximum absolute atomic E-state index is 13.6. The summed E-state index contributed by atoms with van der Waals surface area (Å²) in [6.07, 6.45) is 0. The molecule has 1 amide bonds. The molecule has 3 aromatic rings. The summed E-state index contributed by atoms with van der Waals surface area (Å²) >= 11 is 6.09. The third-order valence-corrected chi connectivity index (χ3v) is 4.28. The Morgan fingerprint density at radius 1 is 1.15 bits per heavy atom. The summed E-state index contributed by atoms with van der Waals surface area (Å²) in [5.74, 6) is -4.69. The van der Waals surface area contributed by atoms with Gasteiger partial charge < -0.3 is 5.32 Å². The van der Waals surface area contributed by atoms with Gasteiger partial charge in [0.15, 0.2) is 17.5 Å². The summed E-state index contributed by atoms with van der Waals surface area (Å²) in [7, 11) is 1.60. The van der Waals surface area contributed by atoms with Crippen molar-refractivity contribution in [3.63, 3.8) is 0 Å². The van der Waals surface area contributed by atoms with Crippen molar-refractivity contribution >= 4 is 23.2 Å². The van der Waals surface area contributed by atoms with Crippen molar-refractivity contribution in [2.75, 3.05) is 5.32 Å². The summed E-state index contributed by atoms with van der Waals surface area (Å²) in [5.41, 5.74) is 1.34. The number of carbonyl (C=O) groups is 1. The molecule has 0 spiro atoms. The fourth-order valence-corrected chi connectivity index (χ4v) is 2.89. The summed E-state index contributed by atoms with van der Waals surface area (Å²) in [5, 5.41) is 6.89. The molecule has 134 valence electrons. The number of hydrogen-bond donors (Lipinski definition) is 1. The topological polar surface area (TPSA) is 46.9 Å². The minimum absolute atomic E-state index is 0.0892. The number of aryl methyl sites for hydroxylation is 2. The summed E-state index contributed by atoms with van der Waals surface area (Å²) in [6, 6.07) is 8.13. The number of rotatable bonds is 3. The normalized spacial score (nSPS) is 10.8. The van der Waals surface area contributed by atoms with Gasteiger partial charge >= 0.3 is 0 Å². The van der Waals surface area contributed by atoms with E-state index < -0.39 is 23.4 Å². The molecule has 0 bridgehead atoms. The van der Waals surface area contributed by atoms with Crippen LogP contribution in [0.2, 0.25) is 5.15 Å². The van der Waals surface area contributed by atoms with Gasteiger partial charge in [-0.2, -0.15) is 5.10 Å². The summed E-state index contributed by atoms with van der Waals surface area (Å²) in [4.78, 5) is 12.6. The van der Waals surface area contributed by atoms with Crippen molar-refractivity contribution in [3.05, 3.63) is 70.3 Å². The van der Waals surface area contributed by atoms with Crippen molar-refractivity contribution in [1.82, 2.24) is 9.78 Å². The van der Waals surface area contributed by atoms with Gasteiger partial charge in [0.1, 0.15) is 5.15 Å². The first-order chi connectivity index (χ1) is 12.3. The van der Waals surface area contributed by atoms with Crippen LogP contribution in [0.4, 0.5) is 18.9 Å². The molecular formula is C18H13ClF3N3O. The average molecular weight is 380 g/mol. The zero-order chi connectivity index (χ0) is 19.0. The molecule has 0 radical (unpaired) electrons. The van der Waals surface area contributed by atoms with Gasteiger partial charge in [-0.3, -0.25) is 9.48 Å². The smallest absolute Gasteiger partial charge is 0.260 e. The number of benzene rings is 2. The van der Waals surface area contributed by atoms with Gasteiger partial charge in [0.25, 0.3) is 5.91 Å². The van der Waals surface area contributed by atoms with Crippen LogP contribution in [0.15, 0.2) is 36.4 Å². The predicted molar refractivity (Wildman–Crippen MR) is 92.7 cm³/mol. The Morgan fingerprint density at radius 2 is 1.77 bits per heavy atom. The average Bonchev–Trinajstić information content (AvgIpc) is 2.85. The Kier molecular flexibility index (Phi) is 4.73. The summed E-state index contributed by atoms with van der Waals surface area (Å²) < 4.78 is 41.7. The van der Waals surface area contributed by atoms with E-state index in [9.17, 15) is 18.0 Å². The number of halogens is 4. The molecule has 3 rings (SSSR count). The molecule has 2 aromatic carbocycles. The number of para-hydroxylation sites is 1. The van der Waals surface area contributed by atoms with E-state index in [4.69, 9.17) is 11.6 Å². The van der Waals surface area contributed by atoms with Crippen LogP contribution in [-0.2, 0) is 7.05 Å². The zero-order valence-corrected chi connectivity index (χ0v) is 14.5. The van der Waals surface area contributed by atoms with Crippen LogP contribution in [0.3, 0.4) is 0 Å². The Bertz CT molecular complexity index is 994. The fourth-order valence-electron chi connectivity index (χ4n) is 2.63. The zero-order valence-electron chi connectivity index (χ0n) is 13.8. The number of amides is 1. The van der Waals surface area contributed by atoms with Gasteiger partial charge in [-0.1, -0.05) is 29.8 Å². The maximum Gasteiger partial charge on any atom is 0.260 e. The third kappa shape index (κ3) is 3.17. The molecule has 0 aliphatic heterocycles. The van der Waals surface area contributed by atoms with E-state index in [1.165, 1.54) is 4.68 Å². The Balaban J connectivity index is 2.02. The molecular weight excluding hydrogens is 367 g/mol. The van der Waals surface area contributed by atoms with Crippen LogP contribution in [0, 0.1) is 24.4 Å². The lowest BCUT2D eigenvalue weighted by Gasteiger charge is -2.12. The van der Waals surface area contributed by atoms with Crippen molar-refractivity contribution < 1.29 is 18.0 Å². The number of carbonyl (C=O) groups excluding carboxylic acids is 1. The van der Waals surface area contributed by atoms with E-state index in [2.05, 4.69) is 10.4 Å². The quantitative estimate of drug-likeness (QED) is 0.669. The Hall–Kier alpha value is -2.80. The molecule has 0 aliphatic carbocycles. The number of anilines is 1. The maximum atomic E-state index is 13.6. The second-order valence-electron chi connectivity index (χ2n) is 5.63. The molecule has 0 unspecified atom stereocenters. The lowest BCUT2D eigenvalue weighted by Crippen LogP contribution is -2.14. The van der Waals surface area contributed by atoms with Crippen molar-refractivity contribution in [3.8, 4) is 11.1 Å². The van der Waals surface area contributed by atoms with Gasteiger partial charge in [0, 0.05) is 18.3 Å². The number of nitrogens with one attached hydrogen (secondary N) is 1. The Morgan fingerprint density at radius 3 is 2.35 bits per heavy atom. The van der Waals surface area contributed by atoms with Crippen LogP contribution in [0.25, 0.3) is 11.1 Å². The highest BCUT2D eigenvalue weighted by Crippen LogP contribution is 2.31. The molecule has 26 heavy (non-hydrogen) atoms. The van der Waals surface area contributed by atoms with Crippen LogP contribution in [0.5, 0.6) is 0 Å². The SMILES string of the molecule is Cc1nn(C)c(Cl)c1C(=O)Nc1ccccc1-c1cc(F)c(F)c(F)c1. The van der Waals surface area contributed by atoms with Crippen molar-refractivity contribution in [2.24, 2.45) is 7.05 Å². The largest absolute Gasteiger partial charge is 0.321 e. The second-order valence-corrected chi connectivity index (χ2v) is 5.99. The highest BCUT2D eigenvalue weighted by molar-refractivity contribution is 6.33. The number of hydrogen-bond acceptors (Lipinski definition) is 2. The molecule has 0 aliphatic rings. The van der Waals surface area contributed by atoms with E-state index in [1.807, 2.05) is 0 Å². The van der Waals surface area contributed by atoms with Crippen LogP contribution >= 0.6 is 11.6 Å². The number of aromatic nitrogens is 2. The van der Waals surface area contributed by atoms with Gasteiger partial charge in [0.05, 0.1) is 11.3 Å². The molecule has 0 saturated carbocycles. The predicted octanol–water partition coefficient (Wildman–Crippen LogP) is 4.72. The Labute approximate surface area is 152 Å². The van der Waals surface area contributed by atoms with E-state index in [-0.39, 0.29) is 16.3 Å². The van der Waals surface area contributed by atoms with Gasteiger partial charge in [-0.25, -0.2) is 13.2 Å². The standard InChI is InChI=1S/C18H13ClF3N3O/c1-9-15(17(19)25(2)24-9)18(26)23-14-6-4-3-5-11(14)10-7-12(20)16(22)13(21)8-10/h3-8H,1-2H3,(H,23,26). The minimum atomic E-state index is -1.55. The molecule has 4 nitrogen and oxygen atoms in total.